The van der Waals surface area contributed by atoms with Crippen molar-refractivity contribution >= 4 is 11.6 Å². The topological polar surface area (TPSA) is 46.2 Å². The summed E-state index contributed by atoms with van der Waals surface area (Å²) in [5.41, 5.74) is 6.78. The fraction of sp³-hybridized carbons (Fsp3) is 0.538. The van der Waals surface area contributed by atoms with Crippen LogP contribution in [0.3, 0.4) is 0 Å². The molecule has 0 radical (unpaired) electrons. The van der Waals surface area contributed by atoms with Gasteiger partial charge >= 0.3 is 0 Å². The molecule has 0 aromatic heterocycles. The molecule has 2 unspecified atom stereocenters. The van der Waals surface area contributed by atoms with Gasteiger partial charge in [-0.05, 0) is 30.0 Å². The molecule has 1 aromatic rings. The van der Waals surface area contributed by atoms with Gasteiger partial charge in [-0.1, -0.05) is 37.6 Å². The third kappa shape index (κ3) is 3.78. The molecule has 0 aliphatic heterocycles. The zero-order chi connectivity index (χ0) is 12.1. The molecule has 0 fully saturated rings. The number of nitrogens with two attached hydrogens (primary N) is 1. The van der Waals surface area contributed by atoms with Gasteiger partial charge in [0.1, 0.15) is 0 Å². The third-order valence-corrected chi connectivity index (χ3v) is 2.98. The van der Waals surface area contributed by atoms with Gasteiger partial charge in [-0.3, -0.25) is 0 Å². The maximum Gasteiger partial charge on any atom is 0.0623 e. The number of aliphatic hydroxyl groups is 1. The first kappa shape index (κ1) is 13.5. The first-order valence-corrected chi connectivity index (χ1v) is 6.06. The second-order valence-electron chi connectivity index (χ2n) is 4.59. The molecular weight excluding hydrogens is 222 g/mol. The zero-order valence-corrected chi connectivity index (χ0v) is 10.6. The second-order valence-corrected chi connectivity index (χ2v) is 5.03. The van der Waals surface area contributed by atoms with Gasteiger partial charge in [0.05, 0.1) is 6.10 Å². The van der Waals surface area contributed by atoms with Crippen molar-refractivity contribution in [2.24, 2.45) is 11.7 Å². The van der Waals surface area contributed by atoms with Gasteiger partial charge in [-0.25, -0.2) is 0 Å². The van der Waals surface area contributed by atoms with Crippen molar-refractivity contribution in [1.82, 2.24) is 0 Å². The number of hydrogen-bond donors (Lipinski definition) is 2. The van der Waals surface area contributed by atoms with E-state index in [9.17, 15) is 5.11 Å². The summed E-state index contributed by atoms with van der Waals surface area (Å²) in [6, 6.07) is 7.54. The third-order valence-electron chi connectivity index (χ3n) is 2.73. The van der Waals surface area contributed by atoms with E-state index in [1.807, 2.05) is 24.3 Å². The molecule has 3 heteroatoms. The predicted octanol–water partition coefficient (Wildman–Crippen LogP) is 2.79. The predicted molar refractivity (Wildman–Crippen MR) is 68.7 cm³/mol. The second kappa shape index (κ2) is 6.24. The summed E-state index contributed by atoms with van der Waals surface area (Å²) in [7, 11) is 0. The van der Waals surface area contributed by atoms with Crippen LogP contribution in [0.4, 0.5) is 0 Å². The van der Waals surface area contributed by atoms with Crippen LogP contribution in [0.15, 0.2) is 24.3 Å². The lowest BCUT2D eigenvalue weighted by atomic mass is 9.89. The molecule has 0 heterocycles. The Hall–Kier alpha value is -0.570. The van der Waals surface area contributed by atoms with Crippen LogP contribution in [-0.4, -0.2) is 17.8 Å². The van der Waals surface area contributed by atoms with Crippen molar-refractivity contribution in [3.63, 3.8) is 0 Å². The SMILES string of the molecule is CC(C)CC(O)C(CN)c1ccc(Cl)cc1. The average Bonchev–Trinajstić information content (AvgIpc) is 2.21. The Balaban J connectivity index is 2.77. The molecule has 0 amide bonds. The van der Waals surface area contributed by atoms with Crippen LogP contribution in [0.1, 0.15) is 31.7 Å². The average molecular weight is 242 g/mol. The minimum absolute atomic E-state index is 0.000309. The largest absolute Gasteiger partial charge is 0.392 e. The molecule has 0 saturated heterocycles. The first-order chi connectivity index (χ1) is 7.54. The van der Waals surface area contributed by atoms with Crippen LogP contribution >= 0.6 is 11.6 Å². The Labute approximate surface area is 102 Å². The van der Waals surface area contributed by atoms with Gasteiger partial charge in [-0.15, -0.1) is 0 Å². The normalized spacial score (nSPS) is 15.1. The highest BCUT2D eigenvalue weighted by Gasteiger charge is 2.20. The lowest BCUT2D eigenvalue weighted by molar-refractivity contribution is 0.121. The molecule has 2 nitrogen and oxygen atoms in total. The Morgan fingerprint density at radius 3 is 2.25 bits per heavy atom. The maximum atomic E-state index is 10.1. The van der Waals surface area contributed by atoms with Crippen molar-refractivity contribution in [3.05, 3.63) is 34.9 Å². The Morgan fingerprint density at radius 2 is 1.81 bits per heavy atom. The maximum absolute atomic E-state index is 10.1. The van der Waals surface area contributed by atoms with Gasteiger partial charge < -0.3 is 10.8 Å². The van der Waals surface area contributed by atoms with E-state index < -0.39 is 0 Å². The highest BCUT2D eigenvalue weighted by Crippen LogP contribution is 2.24. The Kier molecular flexibility index (Phi) is 5.26. The van der Waals surface area contributed by atoms with E-state index in [1.54, 1.807) is 0 Å². The van der Waals surface area contributed by atoms with Crippen molar-refractivity contribution < 1.29 is 5.11 Å². The molecule has 2 atom stereocenters. The molecule has 0 bridgehead atoms. The molecule has 90 valence electrons. The smallest absolute Gasteiger partial charge is 0.0623 e. The van der Waals surface area contributed by atoms with E-state index in [1.165, 1.54) is 0 Å². The van der Waals surface area contributed by atoms with E-state index >= 15 is 0 Å². The highest BCUT2D eigenvalue weighted by molar-refractivity contribution is 6.30. The van der Waals surface area contributed by atoms with Gasteiger partial charge in [-0.2, -0.15) is 0 Å². The summed E-state index contributed by atoms with van der Waals surface area (Å²) in [5.74, 6) is 0.469. The van der Waals surface area contributed by atoms with Crippen molar-refractivity contribution in [2.75, 3.05) is 6.54 Å². The van der Waals surface area contributed by atoms with Crippen molar-refractivity contribution in [2.45, 2.75) is 32.3 Å². The standard InChI is InChI=1S/C13H20ClNO/c1-9(2)7-13(16)12(8-15)10-3-5-11(14)6-4-10/h3-6,9,12-13,16H,7-8,15H2,1-2H3. The quantitative estimate of drug-likeness (QED) is 0.833. The van der Waals surface area contributed by atoms with E-state index in [2.05, 4.69) is 13.8 Å². The number of aliphatic hydroxyl groups excluding tert-OH is 1. The number of halogens is 1. The highest BCUT2D eigenvalue weighted by atomic mass is 35.5. The fourth-order valence-electron chi connectivity index (χ4n) is 1.87. The minimum Gasteiger partial charge on any atom is -0.392 e. The number of rotatable bonds is 5. The summed E-state index contributed by atoms with van der Waals surface area (Å²) >= 11 is 5.83. The van der Waals surface area contributed by atoms with E-state index in [-0.39, 0.29) is 12.0 Å². The summed E-state index contributed by atoms with van der Waals surface area (Å²) in [4.78, 5) is 0. The zero-order valence-electron chi connectivity index (χ0n) is 9.86. The molecule has 0 aliphatic rings. The van der Waals surface area contributed by atoms with Crippen molar-refractivity contribution in [1.29, 1.82) is 0 Å². The van der Waals surface area contributed by atoms with E-state index in [4.69, 9.17) is 17.3 Å². The van der Waals surface area contributed by atoms with Gasteiger partial charge in [0.15, 0.2) is 0 Å². The van der Waals surface area contributed by atoms with Gasteiger partial charge in [0, 0.05) is 17.5 Å². The van der Waals surface area contributed by atoms with Gasteiger partial charge in [0.25, 0.3) is 0 Å². The molecule has 0 saturated carbocycles. The van der Waals surface area contributed by atoms with Crippen LogP contribution in [0.2, 0.25) is 5.02 Å². The first-order valence-electron chi connectivity index (χ1n) is 5.68. The monoisotopic (exact) mass is 241 g/mol. The summed E-state index contributed by atoms with van der Waals surface area (Å²) in [6.07, 6.45) is 0.385. The summed E-state index contributed by atoms with van der Waals surface area (Å²) in [6.45, 7) is 4.65. The van der Waals surface area contributed by atoms with Crippen LogP contribution in [0.25, 0.3) is 0 Å². The van der Waals surface area contributed by atoms with E-state index in [0.717, 1.165) is 12.0 Å². The van der Waals surface area contributed by atoms with Crippen LogP contribution in [-0.2, 0) is 0 Å². The number of hydrogen-bond acceptors (Lipinski definition) is 2. The summed E-state index contributed by atoms with van der Waals surface area (Å²) in [5, 5.41) is 10.8. The minimum atomic E-state index is -0.383. The van der Waals surface area contributed by atoms with E-state index in [0.29, 0.717) is 17.5 Å². The molecular formula is C13H20ClNO. The Bertz CT molecular complexity index is 310. The molecule has 0 spiro atoms. The molecule has 1 rings (SSSR count). The number of benzene rings is 1. The molecule has 16 heavy (non-hydrogen) atoms. The fourth-order valence-corrected chi connectivity index (χ4v) is 2.00. The summed E-state index contributed by atoms with van der Waals surface area (Å²) < 4.78 is 0. The van der Waals surface area contributed by atoms with Crippen LogP contribution < -0.4 is 5.73 Å². The van der Waals surface area contributed by atoms with Crippen LogP contribution in [0.5, 0.6) is 0 Å². The molecule has 3 N–H and O–H groups in total. The molecule has 0 aliphatic carbocycles. The molecule has 1 aromatic carbocycles. The van der Waals surface area contributed by atoms with Crippen LogP contribution in [0, 0.1) is 5.92 Å². The van der Waals surface area contributed by atoms with Crippen molar-refractivity contribution in [3.8, 4) is 0 Å². The Morgan fingerprint density at radius 1 is 1.25 bits per heavy atom. The lowest BCUT2D eigenvalue weighted by Crippen LogP contribution is -2.27. The van der Waals surface area contributed by atoms with Gasteiger partial charge in [0.2, 0.25) is 0 Å². The lowest BCUT2D eigenvalue weighted by Gasteiger charge is -2.23.